The molecule has 2 N–H and O–H groups in total. The van der Waals surface area contributed by atoms with Gasteiger partial charge >= 0.3 is 6.18 Å². The van der Waals surface area contributed by atoms with Gasteiger partial charge in [0.15, 0.2) is 0 Å². The van der Waals surface area contributed by atoms with Crippen LogP contribution in [-0.2, 0) is 0 Å². The molecular weight excluding hydrogens is 231 g/mol. The SMILES string of the molecule is Cc1c(C(CN)C(F)(F)F)oc2ccccc12. The van der Waals surface area contributed by atoms with Gasteiger partial charge in [0.2, 0.25) is 0 Å². The Morgan fingerprint density at radius 3 is 2.47 bits per heavy atom. The van der Waals surface area contributed by atoms with E-state index in [4.69, 9.17) is 10.2 Å². The van der Waals surface area contributed by atoms with E-state index in [-0.39, 0.29) is 5.76 Å². The Morgan fingerprint density at radius 2 is 1.94 bits per heavy atom. The second-order valence-electron chi connectivity index (χ2n) is 3.92. The normalized spacial score (nSPS) is 14.2. The first-order valence-corrected chi connectivity index (χ1v) is 5.20. The topological polar surface area (TPSA) is 39.2 Å². The van der Waals surface area contributed by atoms with Gasteiger partial charge in [-0.25, -0.2) is 0 Å². The van der Waals surface area contributed by atoms with Gasteiger partial charge in [0, 0.05) is 11.9 Å². The summed E-state index contributed by atoms with van der Waals surface area (Å²) >= 11 is 0. The van der Waals surface area contributed by atoms with Gasteiger partial charge in [-0.05, 0) is 18.6 Å². The van der Waals surface area contributed by atoms with Gasteiger partial charge < -0.3 is 10.2 Å². The zero-order valence-electron chi connectivity index (χ0n) is 9.21. The van der Waals surface area contributed by atoms with Crippen molar-refractivity contribution in [3.63, 3.8) is 0 Å². The Labute approximate surface area is 96.2 Å². The number of hydrogen-bond donors (Lipinski definition) is 1. The lowest BCUT2D eigenvalue weighted by atomic mass is 10.0. The van der Waals surface area contributed by atoms with Crippen molar-refractivity contribution in [3.05, 3.63) is 35.6 Å². The van der Waals surface area contributed by atoms with Crippen LogP contribution in [0.3, 0.4) is 0 Å². The quantitative estimate of drug-likeness (QED) is 0.878. The number of aryl methyl sites for hydroxylation is 1. The third kappa shape index (κ3) is 2.02. The molecule has 17 heavy (non-hydrogen) atoms. The highest BCUT2D eigenvalue weighted by atomic mass is 19.4. The summed E-state index contributed by atoms with van der Waals surface area (Å²) in [6.45, 7) is 1.11. The second-order valence-corrected chi connectivity index (χ2v) is 3.92. The third-order valence-electron chi connectivity index (χ3n) is 2.83. The predicted molar refractivity (Wildman–Crippen MR) is 58.8 cm³/mol. The van der Waals surface area contributed by atoms with Crippen LogP contribution in [0.4, 0.5) is 13.2 Å². The molecule has 2 nitrogen and oxygen atoms in total. The Hall–Kier alpha value is -1.49. The summed E-state index contributed by atoms with van der Waals surface area (Å²) in [5.41, 5.74) is 6.17. The fourth-order valence-electron chi connectivity index (χ4n) is 1.91. The van der Waals surface area contributed by atoms with E-state index in [1.165, 1.54) is 0 Å². The largest absolute Gasteiger partial charge is 0.460 e. The van der Waals surface area contributed by atoms with Crippen LogP contribution in [0.5, 0.6) is 0 Å². The number of halogens is 3. The number of benzene rings is 1. The van der Waals surface area contributed by atoms with Crippen molar-refractivity contribution in [2.45, 2.75) is 19.0 Å². The molecule has 0 saturated carbocycles. The first kappa shape index (κ1) is 12.0. The van der Waals surface area contributed by atoms with Crippen LogP contribution in [0.1, 0.15) is 17.2 Å². The number of fused-ring (bicyclic) bond motifs is 1. The number of para-hydroxylation sites is 1. The second kappa shape index (κ2) is 4.07. The zero-order valence-corrected chi connectivity index (χ0v) is 9.21. The minimum atomic E-state index is -4.38. The molecule has 1 atom stereocenters. The Balaban J connectivity index is 2.58. The Bertz CT molecular complexity index is 530. The van der Waals surface area contributed by atoms with Gasteiger partial charge in [-0.1, -0.05) is 18.2 Å². The standard InChI is InChI=1S/C12H12F3NO/c1-7-8-4-2-3-5-10(8)17-11(7)9(6-16)12(13,14)15/h2-5,9H,6,16H2,1H3. The van der Waals surface area contributed by atoms with E-state index in [1.54, 1.807) is 31.2 Å². The van der Waals surface area contributed by atoms with E-state index >= 15 is 0 Å². The van der Waals surface area contributed by atoms with Crippen molar-refractivity contribution in [1.82, 2.24) is 0 Å². The number of hydrogen-bond acceptors (Lipinski definition) is 2. The average Bonchev–Trinajstić information content (AvgIpc) is 2.56. The molecule has 0 bridgehead atoms. The molecule has 1 heterocycles. The molecule has 1 aromatic heterocycles. The molecular formula is C12H12F3NO. The molecule has 1 aromatic carbocycles. The first-order valence-electron chi connectivity index (χ1n) is 5.20. The molecule has 0 aliphatic heterocycles. The van der Waals surface area contributed by atoms with Crippen molar-refractivity contribution in [2.75, 3.05) is 6.54 Å². The fourth-order valence-corrected chi connectivity index (χ4v) is 1.91. The molecule has 5 heteroatoms. The minimum absolute atomic E-state index is 0.0822. The monoisotopic (exact) mass is 243 g/mol. The number of alkyl halides is 3. The maximum atomic E-state index is 12.8. The Kier molecular flexibility index (Phi) is 2.87. The van der Waals surface area contributed by atoms with Crippen molar-refractivity contribution < 1.29 is 17.6 Å². The highest BCUT2D eigenvalue weighted by Crippen LogP contribution is 2.39. The number of rotatable bonds is 2. The van der Waals surface area contributed by atoms with Crippen molar-refractivity contribution in [3.8, 4) is 0 Å². The van der Waals surface area contributed by atoms with Gasteiger partial charge in [-0.15, -0.1) is 0 Å². The maximum Gasteiger partial charge on any atom is 0.400 e. The lowest BCUT2D eigenvalue weighted by Gasteiger charge is -2.16. The number of furan rings is 1. The van der Waals surface area contributed by atoms with E-state index in [9.17, 15) is 13.2 Å². The molecule has 2 rings (SSSR count). The summed E-state index contributed by atoms with van der Waals surface area (Å²) in [4.78, 5) is 0. The zero-order chi connectivity index (χ0) is 12.6. The van der Waals surface area contributed by atoms with E-state index in [0.29, 0.717) is 16.5 Å². The molecule has 0 aliphatic carbocycles. The van der Waals surface area contributed by atoms with E-state index in [2.05, 4.69) is 0 Å². The van der Waals surface area contributed by atoms with Crippen LogP contribution >= 0.6 is 0 Å². The summed E-state index contributed by atoms with van der Waals surface area (Å²) in [5.74, 6) is -1.82. The van der Waals surface area contributed by atoms with Crippen LogP contribution in [0.15, 0.2) is 28.7 Å². The van der Waals surface area contributed by atoms with Crippen LogP contribution < -0.4 is 5.73 Å². The van der Waals surface area contributed by atoms with Crippen molar-refractivity contribution in [1.29, 1.82) is 0 Å². The molecule has 0 saturated heterocycles. The molecule has 0 fully saturated rings. The molecule has 1 unspecified atom stereocenters. The molecule has 0 spiro atoms. The van der Waals surface area contributed by atoms with E-state index in [1.807, 2.05) is 0 Å². The smallest absolute Gasteiger partial charge is 0.400 e. The van der Waals surface area contributed by atoms with Gasteiger partial charge in [0.1, 0.15) is 17.3 Å². The van der Waals surface area contributed by atoms with Gasteiger partial charge in [-0.3, -0.25) is 0 Å². The highest BCUT2D eigenvalue weighted by Gasteiger charge is 2.42. The maximum absolute atomic E-state index is 12.8. The van der Waals surface area contributed by atoms with Crippen LogP contribution in [-0.4, -0.2) is 12.7 Å². The third-order valence-corrected chi connectivity index (χ3v) is 2.83. The molecule has 0 aliphatic rings. The van der Waals surface area contributed by atoms with E-state index in [0.717, 1.165) is 0 Å². The lowest BCUT2D eigenvalue weighted by molar-refractivity contribution is -0.151. The minimum Gasteiger partial charge on any atom is -0.460 e. The first-order chi connectivity index (χ1) is 7.95. The predicted octanol–water partition coefficient (Wildman–Crippen LogP) is 3.35. The number of nitrogens with two attached hydrogens (primary N) is 1. The van der Waals surface area contributed by atoms with Crippen LogP contribution in [0.2, 0.25) is 0 Å². The van der Waals surface area contributed by atoms with Crippen LogP contribution in [0, 0.1) is 6.92 Å². The van der Waals surface area contributed by atoms with Crippen molar-refractivity contribution >= 4 is 11.0 Å². The summed E-state index contributed by atoms with van der Waals surface area (Å²) in [6.07, 6.45) is -4.38. The summed E-state index contributed by atoms with van der Waals surface area (Å²) in [5, 5.41) is 0.699. The van der Waals surface area contributed by atoms with Crippen molar-refractivity contribution in [2.24, 2.45) is 5.73 Å². The average molecular weight is 243 g/mol. The molecule has 92 valence electrons. The molecule has 2 aromatic rings. The molecule has 0 amide bonds. The fraction of sp³-hybridized carbons (Fsp3) is 0.333. The van der Waals surface area contributed by atoms with Gasteiger partial charge in [-0.2, -0.15) is 13.2 Å². The summed E-state index contributed by atoms with van der Waals surface area (Å²) in [7, 11) is 0. The summed E-state index contributed by atoms with van der Waals surface area (Å²) in [6, 6.07) is 6.87. The highest BCUT2D eigenvalue weighted by molar-refractivity contribution is 5.82. The lowest BCUT2D eigenvalue weighted by Crippen LogP contribution is -2.28. The van der Waals surface area contributed by atoms with Gasteiger partial charge in [0.05, 0.1) is 0 Å². The Morgan fingerprint density at radius 1 is 1.29 bits per heavy atom. The van der Waals surface area contributed by atoms with E-state index < -0.39 is 18.6 Å². The van der Waals surface area contributed by atoms with Gasteiger partial charge in [0.25, 0.3) is 0 Å². The van der Waals surface area contributed by atoms with Crippen LogP contribution in [0.25, 0.3) is 11.0 Å². The molecule has 0 radical (unpaired) electrons. The summed E-state index contributed by atoms with van der Waals surface area (Å²) < 4.78 is 43.6.